The van der Waals surface area contributed by atoms with Gasteiger partial charge in [0.15, 0.2) is 5.13 Å². The lowest BCUT2D eigenvalue weighted by atomic mass is 10.1. The van der Waals surface area contributed by atoms with Gasteiger partial charge >= 0.3 is 0 Å². The molecule has 0 saturated carbocycles. The predicted molar refractivity (Wildman–Crippen MR) is 119 cm³/mol. The van der Waals surface area contributed by atoms with Crippen molar-refractivity contribution in [3.05, 3.63) is 58.7 Å². The van der Waals surface area contributed by atoms with E-state index < -0.39 is 0 Å². The minimum Gasteiger partial charge on any atom is -0.334 e. The molecule has 6 heteroatoms. The van der Waals surface area contributed by atoms with Crippen LogP contribution < -0.4 is 9.80 Å². The van der Waals surface area contributed by atoms with Crippen LogP contribution in [0.25, 0.3) is 10.2 Å². The number of thiazole rings is 1. The summed E-state index contributed by atoms with van der Waals surface area (Å²) in [5.74, 6) is -0.0746. The lowest BCUT2D eigenvalue weighted by Crippen LogP contribution is -3.12. The van der Waals surface area contributed by atoms with Crippen LogP contribution in [-0.4, -0.2) is 37.1 Å². The largest absolute Gasteiger partial charge is 0.334 e. The number of benzene rings is 2. The molecule has 0 aliphatic rings. The molecule has 0 bridgehead atoms. The number of aryl methyl sites for hydroxylation is 2. The van der Waals surface area contributed by atoms with E-state index in [2.05, 4.69) is 45.9 Å². The number of aromatic nitrogens is 1. The number of carbonyl (C=O) groups is 1. The van der Waals surface area contributed by atoms with E-state index in [1.165, 1.54) is 10.5 Å². The molecule has 0 aliphatic carbocycles. The van der Waals surface area contributed by atoms with Crippen molar-refractivity contribution >= 4 is 32.6 Å². The van der Waals surface area contributed by atoms with Crippen molar-refractivity contribution in [1.82, 2.24) is 4.98 Å². The minimum atomic E-state index is -0.0746. The van der Waals surface area contributed by atoms with Crippen molar-refractivity contribution in [2.24, 2.45) is 0 Å². The summed E-state index contributed by atoms with van der Waals surface area (Å²) >= 11 is 1.56. The Bertz CT molecular complexity index is 1050. The van der Waals surface area contributed by atoms with E-state index in [4.69, 9.17) is 10.2 Å². The topological polar surface area (TPSA) is 61.4 Å². The van der Waals surface area contributed by atoms with Gasteiger partial charge < -0.3 is 4.90 Å². The molecular weight excluding hydrogens is 380 g/mol. The predicted octanol–water partition coefficient (Wildman–Crippen LogP) is 3.36. The first-order valence-electron chi connectivity index (χ1n) is 10.0. The van der Waals surface area contributed by atoms with Gasteiger partial charge in [0.2, 0.25) is 0 Å². The molecule has 1 amide bonds. The zero-order chi connectivity index (χ0) is 21.0. The van der Waals surface area contributed by atoms with E-state index in [1.807, 2.05) is 0 Å². The second kappa shape index (κ2) is 9.17. The average Bonchev–Trinajstić information content (AvgIpc) is 3.18. The minimum absolute atomic E-state index is 0.0746. The molecule has 29 heavy (non-hydrogen) atoms. The van der Waals surface area contributed by atoms with Crippen LogP contribution in [0.4, 0.5) is 5.13 Å². The van der Waals surface area contributed by atoms with Crippen molar-refractivity contribution < 1.29 is 9.69 Å². The molecule has 1 aromatic heterocycles. The lowest BCUT2D eigenvalue weighted by Gasteiger charge is -2.23. The number of carbonyl (C=O) groups excluding carboxylic acids is 1. The maximum atomic E-state index is 13.4. The SMILES string of the molecule is CC[NH+](CC)CCN(C(=O)c1ccc(C#N)cc1)c1nc2c(C)c(C)ccc2s1. The van der Waals surface area contributed by atoms with Gasteiger partial charge in [0.05, 0.1) is 48.0 Å². The van der Waals surface area contributed by atoms with Gasteiger partial charge in [-0.2, -0.15) is 5.26 Å². The molecule has 2 aromatic carbocycles. The van der Waals surface area contributed by atoms with Gasteiger partial charge in [-0.15, -0.1) is 0 Å². The second-order valence-electron chi connectivity index (χ2n) is 7.20. The van der Waals surface area contributed by atoms with E-state index in [9.17, 15) is 4.79 Å². The van der Waals surface area contributed by atoms with Gasteiger partial charge in [-0.25, -0.2) is 4.98 Å². The number of anilines is 1. The van der Waals surface area contributed by atoms with Gasteiger partial charge in [-0.3, -0.25) is 9.69 Å². The monoisotopic (exact) mass is 407 g/mol. The molecule has 0 radical (unpaired) electrons. The van der Waals surface area contributed by atoms with Gasteiger partial charge in [-0.1, -0.05) is 17.4 Å². The fraction of sp³-hybridized carbons (Fsp3) is 0.348. The molecule has 3 rings (SSSR count). The summed E-state index contributed by atoms with van der Waals surface area (Å²) in [5, 5.41) is 9.76. The van der Waals surface area contributed by atoms with Crippen molar-refractivity contribution in [2.75, 3.05) is 31.1 Å². The highest BCUT2D eigenvalue weighted by Crippen LogP contribution is 2.32. The Hall–Kier alpha value is -2.75. The highest BCUT2D eigenvalue weighted by atomic mass is 32.1. The Morgan fingerprint density at radius 2 is 1.83 bits per heavy atom. The van der Waals surface area contributed by atoms with Crippen LogP contribution in [-0.2, 0) is 0 Å². The number of nitriles is 1. The Labute approximate surface area is 176 Å². The van der Waals surface area contributed by atoms with E-state index in [0.717, 1.165) is 40.5 Å². The van der Waals surface area contributed by atoms with Gasteiger partial charge in [0.1, 0.15) is 0 Å². The number of nitrogens with one attached hydrogen (secondary N) is 1. The maximum Gasteiger partial charge on any atom is 0.260 e. The van der Waals surface area contributed by atoms with Crippen LogP contribution in [0.3, 0.4) is 0 Å². The molecule has 1 N–H and O–H groups in total. The first-order chi connectivity index (χ1) is 14.0. The van der Waals surface area contributed by atoms with Crippen molar-refractivity contribution in [3.63, 3.8) is 0 Å². The third kappa shape index (κ3) is 4.47. The van der Waals surface area contributed by atoms with Crippen LogP contribution >= 0.6 is 11.3 Å². The highest BCUT2D eigenvalue weighted by molar-refractivity contribution is 7.22. The second-order valence-corrected chi connectivity index (χ2v) is 8.21. The Balaban J connectivity index is 1.99. The summed E-state index contributed by atoms with van der Waals surface area (Å²) in [6.45, 7) is 12.0. The van der Waals surface area contributed by atoms with Crippen LogP contribution in [0, 0.1) is 25.2 Å². The third-order valence-corrected chi connectivity index (χ3v) is 6.54. The van der Waals surface area contributed by atoms with Crippen molar-refractivity contribution in [1.29, 1.82) is 5.26 Å². The molecule has 0 atom stereocenters. The number of hydrogen-bond donors (Lipinski definition) is 1. The molecule has 0 unspecified atom stereocenters. The summed E-state index contributed by atoms with van der Waals surface area (Å²) in [7, 11) is 0. The van der Waals surface area contributed by atoms with E-state index in [1.54, 1.807) is 40.5 Å². The van der Waals surface area contributed by atoms with E-state index >= 15 is 0 Å². The van der Waals surface area contributed by atoms with Gasteiger partial charge in [0, 0.05) is 5.56 Å². The number of likely N-dealkylation sites (N-methyl/N-ethyl adjacent to an activating group) is 1. The summed E-state index contributed by atoms with van der Waals surface area (Å²) in [6.07, 6.45) is 0. The molecule has 0 aliphatic heterocycles. The molecule has 0 fully saturated rings. The third-order valence-electron chi connectivity index (χ3n) is 5.50. The smallest absolute Gasteiger partial charge is 0.260 e. The van der Waals surface area contributed by atoms with Gasteiger partial charge in [-0.05, 0) is 69.2 Å². The van der Waals surface area contributed by atoms with Crippen molar-refractivity contribution in [3.8, 4) is 6.07 Å². The van der Waals surface area contributed by atoms with E-state index in [-0.39, 0.29) is 5.91 Å². The fourth-order valence-electron chi connectivity index (χ4n) is 3.33. The quantitative estimate of drug-likeness (QED) is 0.653. The number of fused-ring (bicyclic) bond motifs is 1. The number of quaternary nitrogens is 1. The summed E-state index contributed by atoms with van der Waals surface area (Å²) < 4.78 is 1.09. The zero-order valence-electron chi connectivity index (χ0n) is 17.5. The fourth-order valence-corrected chi connectivity index (χ4v) is 4.38. The Morgan fingerprint density at radius 3 is 2.45 bits per heavy atom. The first kappa shape index (κ1) is 21.0. The standard InChI is InChI=1S/C23H26N4OS/c1-5-26(6-2)13-14-27(22(28)19-10-8-18(15-24)9-11-19)23-25-21-17(4)16(3)7-12-20(21)29-23/h7-12H,5-6,13-14H2,1-4H3/p+1. The van der Waals surface area contributed by atoms with Crippen LogP contribution in [0.5, 0.6) is 0 Å². The first-order valence-corrected chi connectivity index (χ1v) is 10.8. The van der Waals surface area contributed by atoms with Crippen molar-refractivity contribution in [2.45, 2.75) is 27.7 Å². The normalized spacial score (nSPS) is 11.0. The number of rotatable bonds is 7. The summed E-state index contributed by atoms with van der Waals surface area (Å²) in [5.41, 5.74) is 4.45. The average molecular weight is 408 g/mol. The number of amides is 1. The van der Waals surface area contributed by atoms with Crippen LogP contribution in [0.15, 0.2) is 36.4 Å². The number of hydrogen-bond acceptors (Lipinski definition) is 4. The molecule has 3 aromatic rings. The summed E-state index contributed by atoms with van der Waals surface area (Å²) in [4.78, 5) is 21.4. The van der Waals surface area contributed by atoms with Crippen LogP contribution in [0.2, 0.25) is 0 Å². The molecule has 150 valence electrons. The summed E-state index contributed by atoms with van der Waals surface area (Å²) in [6, 6.07) is 13.1. The zero-order valence-corrected chi connectivity index (χ0v) is 18.3. The Kier molecular flexibility index (Phi) is 6.63. The van der Waals surface area contributed by atoms with E-state index in [0.29, 0.717) is 17.7 Å². The maximum absolute atomic E-state index is 13.4. The molecule has 1 heterocycles. The lowest BCUT2D eigenvalue weighted by molar-refractivity contribution is -0.894. The molecule has 0 saturated heterocycles. The van der Waals surface area contributed by atoms with Crippen LogP contribution in [0.1, 0.15) is 40.9 Å². The molecule has 0 spiro atoms. The Morgan fingerprint density at radius 1 is 1.14 bits per heavy atom. The molecular formula is C23H27N4OS+. The molecule has 5 nitrogen and oxygen atoms in total. The van der Waals surface area contributed by atoms with Gasteiger partial charge in [0.25, 0.3) is 5.91 Å². The number of nitrogens with zero attached hydrogens (tertiary/aromatic N) is 3. The highest BCUT2D eigenvalue weighted by Gasteiger charge is 2.23.